The van der Waals surface area contributed by atoms with E-state index in [0.29, 0.717) is 33.7 Å². The number of hydrogen-bond donors (Lipinski definition) is 1. The van der Waals surface area contributed by atoms with Crippen molar-refractivity contribution in [3.05, 3.63) is 57.8 Å². The standard InChI is InChI=1S/C17H14Cl2N2O3/c1-23-17(22)8-16-20-13-6-12(19)15(7-14(13)21-16)24-9-10-2-4-11(18)5-3-10/h2-7H,8-9H2,1H3,(H,20,21). The molecule has 0 spiro atoms. The van der Waals surface area contributed by atoms with Gasteiger partial charge in [-0.15, -0.1) is 0 Å². The second kappa shape index (κ2) is 7.11. The fourth-order valence-corrected chi connectivity index (χ4v) is 2.55. The predicted molar refractivity (Wildman–Crippen MR) is 92.6 cm³/mol. The number of fused-ring (bicyclic) bond motifs is 1. The molecule has 0 fully saturated rings. The molecular formula is C17H14Cl2N2O3. The van der Waals surface area contributed by atoms with Gasteiger partial charge in [-0.1, -0.05) is 35.3 Å². The van der Waals surface area contributed by atoms with Gasteiger partial charge in [-0.25, -0.2) is 4.98 Å². The summed E-state index contributed by atoms with van der Waals surface area (Å²) >= 11 is 12.1. The summed E-state index contributed by atoms with van der Waals surface area (Å²) in [6.45, 7) is 0.367. The lowest BCUT2D eigenvalue weighted by molar-refractivity contribution is -0.139. The summed E-state index contributed by atoms with van der Waals surface area (Å²) in [6.07, 6.45) is 0.0732. The molecule has 7 heteroatoms. The van der Waals surface area contributed by atoms with Gasteiger partial charge in [0.25, 0.3) is 0 Å². The number of imidazole rings is 1. The number of aromatic amines is 1. The number of nitrogens with one attached hydrogen (secondary N) is 1. The second-order valence-electron chi connectivity index (χ2n) is 5.15. The number of aromatic nitrogens is 2. The number of esters is 1. The van der Waals surface area contributed by atoms with Crippen LogP contribution in [0.1, 0.15) is 11.4 Å². The van der Waals surface area contributed by atoms with Crippen molar-refractivity contribution < 1.29 is 14.3 Å². The van der Waals surface area contributed by atoms with Gasteiger partial charge >= 0.3 is 5.97 Å². The first-order chi connectivity index (χ1) is 11.5. The summed E-state index contributed by atoms with van der Waals surface area (Å²) in [6, 6.07) is 10.9. The molecular weight excluding hydrogens is 351 g/mol. The Morgan fingerprint density at radius 3 is 2.67 bits per heavy atom. The zero-order valence-electron chi connectivity index (χ0n) is 12.8. The smallest absolute Gasteiger partial charge is 0.313 e. The monoisotopic (exact) mass is 364 g/mol. The third-order valence-corrected chi connectivity index (χ3v) is 3.98. The van der Waals surface area contributed by atoms with E-state index < -0.39 is 0 Å². The van der Waals surface area contributed by atoms with Gasteiger partial charge in [0.15, 0.2) is 0 Å². The number of methoxy groups -OCH3 is 1. The molecule has 1 N–H and O–H groups in total. The van der Waals surface area contributed by atoms with Crippen LogP contribution in [0.15, 0.2) is 36.4 Å². The van der Waals surface area contributed by atoms with Crippen molar-refractivity contribution >= 4 is 40.2 Å². The maximum Gasteiger partial charge on any atom is 0.313 e. The van der Waals surface area contributed by atoms with Crippen molar-refractivity contribution in [2.24, 2.45) is 0 Å². The summed E-state index contributed by atoms with van der Waals surface area (Å²) in [4.78, 5) is 18.7. The molecule has 0 saturated heterocycles. The molecule has 124 valence electrons. The fraction of sp³-hybridized carbons (Fsp3) is 0.176. The molecule has 3 rings (SSSR count). The van der Waals surface area contributed by atoms with Crippen molar-refractivity contribution in [1.82, 2.24) is 9.97 Å². The van der Waals surface area contributed by atoms with Gasteiger partial charge < -0.3 is 14.5 Å². The summed E-state index contributed by atoms with van der Waals surface area (Å²) in [5, 5.41) is 1.13. The van der Waals surface area contributed by atoms with E-state index >= 15 is 0 Å². The zero-order valence-corrected chi connectivity index (χ0v) is 14.3. The van der Waals surface area contributed by atoms with Crippen LogP contribution in [-0.4, -0.2) is 23.0 Å². The molecule has 0 radical (unpaired) electrons. The van der Waals surface area contributed by atoms with Gasteiger partial charge in [0.05, 0.1) is 23.2 Å². The Balaban J connectivity index is 1.79. The first-order valence-corrected chi connectivity index (χ1v) is 7.93. The first kappa shape index (κ1) is 16.6. The highest BCUT2D eigenvalue weighted by Crippen LogP contribution is 2.30. The van der Waals surface area contributed by atoms with Crippen molar-refractivity contribution in [2.45, 2.75) is 13.0 Å². The summed E-state index contributed by atoms with van der Waals surface area (Å²) in [7, 11) is 1.34. The predicted octanol–water partition coefficient (Wildman–Crippen LogP) is 4.16. The van der Waals surface area contributed by atoms with Gasteiger partial charge in [0, 0.05) is 11.1 Å². The number of H-pyrrole nitrogens is 1. The molecule has 0 amide bonds. The molecule has 1 heterocycles. The van der Waals surface area contributed by atoms with E-state index in [1.165, 1.54) is 7.11 Å². The topological polar surface area (TPSA) is 64.2 Å². The molecule has 2 aromatic carbocycles. The van der Waals surface area contributed by atoms with E-state index in [4.69, 9.17) is 27.9 Å². The highest BCUT2D eigenvalue weighted by atomic mass is 35.5. The maximum atomic E-state index is 11.3. The Morgan fingerprint density at radius 2 is 1.96 bits per heavy atom. The number of hydrogen-bond acceptors (Lipinski definition) is 4. The normalized spacial score (nSPS) is 10.8. The second-order valence-corrected chi connectivity index (χ2v) is 5.99. The number of ether oxygens (including phenoxy) is 2. The third-order valence-electron chi connectivity index (χ3n) is 3.43. The average molecular weight is 365 g/mol. The molecule has 0 aliphatic heterocycles. The van der Waals surface area contributed by atoms with Crippen LogP contribution >= 0.6 is 23.2 Å². The van der Waals surface area contributed by atoms with Crippen LogP contribution in [0.5, 0.6) is 5.75 Å². The number of carbonyl (C=O) groups is 1. The van der Waals surface area contributed by atoms with Crippen LogP contribution in [-0.2, 0) is 22.6 Å². The Labute approximate surface area is 148 Å². The third kappa shape index (κ3) is 3.80. The Hall–Kier alpha value is -2.24. The van der Waals surface area contributed by atoms with Crippen LogP contribution in [0.2, 0.25) is 10.0 Å². The van der Waals surface area contributed by atoms with Crippen LogP contribution in [0.3, 0.4) is 0 Å². The lowest BCUT2D eigenvalue weighted by Gasteiger charge is -2.08. The highest BCUT2D eigenvalue weighted by molar-refractivity contribution is 6.32. The van der Waals surface area contributed by atoms with Crippen molar-refractivity contribution in [3.8, 4) is 5.75 Å². The van der Waals surface area contributed by atoms with E-state index in [2.05, 4.69) is 14.7 Å². The number of rotatable bonds is 5. The SMILES string of the molecule is COC(=O)Cc1nc2cc(Cl)c(OCc3ccc(Cl)cc3)cc2[nH]1. The molecule has 24 heavy (non-hydrogen) atoms. The van der Waals surface area contributed by atoms with E-state index in [0.717, 1.165) is 11.1 Å². The van der Waals surface area contributed by atoms with E-state index in [9.17, 15) is 4.79 Å². The summed E-state index contributed by atoms with van der Waals surface area (Å²) < 4.78 is 10.4. The van der Waals surface area contributed by atoms with Gasteiger partial charge in [0.2, 0.25) is 0 Å². The molecule has 1 aromatic heterocycles. The number of carbonyl (C=O) groups excluding carboxylic acids is 1. The van der Waals surface area contributed by atoms with Gasteiger partial charge in [-0.05, 0) is 23.8 Å². The van der Waals surface area contributed by atoms with Gasteiger partial charge in [-0.3, -0.25) is 4.79 Å². The Bertz CT molecular complexity index is 875. The van der Waals surface area contributed by atoms with Crippen LogP contribution in [0.25, 0.3) is 11.0 Å². The minimum atomic E-state index is -0.362. The fourth-order valence-electron chi connectivity index (χ4n) is 2.21. The molecule has 3 aromatic rings. The quantitative estimate of drug-likeness (QED) is 0.690. The molecule has 5 nitrogen and oxygen atoms in total. The molecule has 0 unspecified atom stereocenters. The average Bonchev–Trinajstić information content (AvgIpc) is 2.94. The lowest BCUT2D eigenvalue weighted by atomic mass is 10.2. The van der Waals surface area contributed by atoms with E-state index in [1.807, 2.05) is 12.1 Å². The van der Waals surface area contributed by atoms with Gasteiger partial charge in [0.1, 0.15) is 24.6 Å². The number of nitrogens with zero attached hydrogens (tertiary/aromatic N) is 1. The number of halogens is 2. The first-order valence-electron chi connectivity index (χ1n) is 7.17. The van der Waals surface area contributed by atoms with Crippen LogP contribution in [0.4, 0.5) is 0 Å². The molecule has 0 saturated carbocycles. The van der Waals surface area contributed by atoms with Crippen molar-refractivity contribution in [3.63, 3.8) is 0 Å². The largest absolute Gasteiger partial charge is 0.487 e. The van der Waals surface area contributed by atoms with Crippen LogP contribution in [0, 0.1) is 0 Å². The van der Waals surface area contributed by atoms with E-state index in [1.54, 1.807) is 24.3 Å². The van der Waals surface area contributed by atoms with Gasteiger partial charge in [-0.2, -0.15) is 0 Å². The minimum absolute atomic E-state index is 0.0732. The highest BCUT2D eigenvalue weighted by Gasteiger charge is 2.12. The zero-order chi connectivity index (χ0) is 17.1. The molecule has 0 aliphatic rings. The summed E-state index contributed by atoms with van der Waals surface area (Å²) in [5.74, 6) is 0.689. The lowest BCUT2D eigenvalue weighted by Crippen LogP contribution is -2.05. The summed E-state index contributed by atoms with van der Waals surface area (Å²) in [5.41, 5.74) is 2.38. The molecule has 0 atom stereocenters. The van der Waals surface area contributed by atoms with Crippen molar-refractivity contribution in [2.75, 3.05) is 7.11 Å². The Kier molecular flexibility index (Phi) is 4.92. The molecule has 0 aliphatic carbocycles. The van der Waals surface area contributed by atoms with Crippen LogP contribution < -0.4 is 4.74 Å². The Morgan fingerprint density at radius 1 is 1.21 bits per heavy atom. The molecule has 0 bridgehead atoms. The van der Waals surface area contributed by atoms with E-state index in [-0.39, 0.29) is 12.4 Å². The van der Waals surface area contributed by atoms with Crippen molar-refractivity contribution in [1.29, 1.82) is 0 Å². The minimum Gasteiger partial charge on any atom is -0.487 e. The maximum absolute atomic E-state index is 11.3. The number of benzene rings is 2.